The van der Waals surface area contributed by atoms with Crippen molar-refractivity contribution >= 4 is 29.1 Å². The SMILES string of the molecule is Cc1ccccc1CN1N=N[C@H]2C(=O)N(c3ccccc3Cl)C(=O)[C@@H]21. The number of carbonyl (C=O) groups excluding carboxylic acids is 2. The van der Waals surface area contributed by atoms with Gasteiger partial charge in [0.2, 0.25) is 0 Å². The molecule has 0 bridgehead atoms. The average molecular weight is 355 g/mol. The second kappa shape index (κ2) is 5.97. The normalized spacial score (nSPS) is 22.0. The summed E-state index contributed by atoms with van der Waals surface area (Å²) in [5, 5.41) is 10.0. The van der Waals surface area contributed by atoms with Gasteiger partial charge in [0.1, 0.15) is 0 Å². The largest absolute Gasteiger partial charge is 0.271 e. The van der Waals surface area contributed by atoms with Crippen molar-refractivity contribution in [2.75, 3.05) is 4.90 Å². The third-order valence-corrected chi connectivity index (χ3v) is 4.86. The summed E-state index contributed by atoms with van der Waals surface area (Å²) in [6.45, 7) is 2.42. The zero-order valence-electron chi connectivity index (χ0n) is 13.5. The van der Waals surface area contributed by atoms with Gasteiger partial charge in [0.05, 0.1) is 17.3 Å². The van der Waals surface area contributed by atoms with Crippen molar-refractivity contribution in [1.29, 1.82) is 0 Å². The molecule has 2 atom stereocenters. The van der Waals surface area contributed by atoms with Crippen molar-refractivity contribution in [3.05, 3.63) is 64.7 Å². The number of imide groups is 1. The number of aryl methyl sites for hydroxylation is 1. The second-order valence-corrected chi connectivity index (χ2v) is 6.49. The van der Waals surface area contributed by atoms with Crippen LogP contribution < -0.4 is 4.90 Å². The monoisotopic (exact) mass is 354 g/mol. The van der Waals surface area contributed by atoms with Crippen molar-refractivity contribution in [2.45, 2.75) is 25.6 Å². The van der Waals surface area contributed by atoms with Crippen LogP contribution in [-0.4, -0.2) is 28.9 Å². The lowest BCUT2D eigenvalue weighted by atomic mass is 10.1. The quantitative estimate of drug-likeness (QED) is 0.795. The molecule has 1 saturated heterocycles. The highest BCUT2D eigenvalue weighted by Gasteiger charge is 2.55. The number of rotatable bonds is 3. The van der Waals surface area contributed by atoms with Crippen LogP contribution in [0.5, 0.6) is 0 Å². The molecule has 0 N–H and O–H groups in total. The van der Waals surface area contributed by atoms with E-state index in [0.29, 0.717) is 17.3 Å². The Morgan fingerprint density at radius 3 is 2.52 bits per heavy atom. The van der Waals surface area contributed by atoms with Crippen molar-refractivity contribution in [3.8, 4) is 0 Å². The first-order valence-corrected chi connectivity index (χ1v) is 8.30. The van der Waals surface area contributed by atoms with E-state index < -0.39 is 12.1 Å². The van der Waals surface area contributed by atoms with E-state index >= 15 is 0 Å². The van der Waals surface area contributed by atoms with Crippen LogP contribution in [0.25, 0.3) is 0 Å². The maximum absolute atomic E-state index is 12.9. The summed E-state index contributed by atoms with van der Waals surface area (Å²) < 4.78 is 0. The number of fused-ring (bicyclic) bond motifs is 1. The lowest BCUT2D eigenvalue weighted by molar-refractivity contribution is -0.123. The van der Waals surface area contributed by atoms with E-state index in [1.165, 1.54) is 0 Å². The number of para-hydroxylation sites is 1. The molecule has 0 radical (unpaired) electrons. The van der Waals surface area contributed by atoms with Crippen molar-refractivity contribution in [2.24, 2.45) is 10.3 Å². The summed E-state index contributed by atoms with van der Waals surface area (Å²) >= 11 is 6.16. The molecule has 2 aliphatic rings. The molecular weight excluding hydrogens is 340 g/mol. The van der Waals surface area contributed by atoms with E-state index in [-0.39, 0.29) is 11.8 Å². The van der Waals surface area contributed by atoms with Gasteiger partial charge in [0, 0.05) is 0 Å². The summed E-state index contributed by atoms with van der Waals surface area (Å²) in [6, 6.07) is 13.1. The molecule has 1 fully saturated rings. The smallest absolute Gasteiger partial charge is 0.263 e. The maximum atomic E-state index is 12.9. The van der Waals surface area contributed by atoms with Gasteiger partial charge in [-0.25, -0.2) is 4.90 Å². The van der Waals surface area contributed by atoms with E-state index in [1.807, 2.05) is 31.2 Å². The first kappa shape index (κ1) is 15.8. The van der Waals surface area contributed by atoms with E-state index in [2.05, 4.69) is 10.3 Å². The number of hydrogen-bond acceptors (Lipinski definition) is 5. The molecule has 2 aromatic rings. The lowest BCUT2D eigenvalue weighted by Crippen LogP contribution is -2.39. The van der Waals surface area contributed by atoms with Crippen LogP contribution in [0.4, 0.5) is 5.69 Å². The Balaban J connectivity index is 1.64. The summed E-state index contributed by atoms with van der Waals surface area (Å²) in [5.74, 6) is -0.735. The summed E-state index contributed by atoms with van der Waals surface area (Å²) in [6.07, 6.45) is 0. The van der Waals surface area contributed by atoms with Gasteiger partial charge in [0.15, 0.2) is 12.1 Å². The van der Waals surface area contributed by atoms with Gasteiger partial charge < -0.3 is 0 Å². The summed E-state index contributed by atoms with van der Waals surface area (Å²) in [5.41, 5.74) is 2.53. The zero-order chi connectivity index (χ0) is 17.6. The van der Waals surface area contributed by atoms with Crippen LogP contribution in [0.1, 0.15) is 11.1 Å². The molecule has 0 aliphatic carbocycles. The number of carbonyl (C=O) groups is 2. The number of anilines is 1. The fraction of sp³-hybridized carbons (Fsp3) is 0.222. The Hall–Kier alpha value is -2.73. The molecule has 2 aromatic carbocycles. The number of benzene rings is 2. The number of nitrogens with zero attached hydrogens (tertiary/aromatic N) is 4. The minimum atomic E-state index is -0.812. The topological polar surface area (TPSA) is 65.3 Å². The van der Waals surface area contributed by atoms with E-state index in [4.69, 9.17) is 11.6 Å². The molecule has 0 aromatic heterocycles. The van der Waals surface area contributed by atoms with Crippen LogP contribution >= 0.6 is 11.6 Å². The number of hydrogen-bond donors (Lipinski definition) is 0. The van der Waals surface area contributed by atoms with Gasteiger partial charge in [-0.05, 0) is 30.2 Å². The van der Waals surface area contributed by atoms with E-state index in [9.17, 15) is 9.59 Å². The zero-order valence-corrected chi connectivity index (χ0v) is 14.2. The van der Waals surface area contributed by atoms with Crippen LogP contribution in [0.2, 0.25) is 5.02 Å². The Labute approximate surface area is 149 Å². The summed E-state index contributed by atoms with van der Waals surface area (Å²) in [4.78, 5) is 26.7. The number of halogens is 1. The first-order chi connectivity index (χ1) is 12.1. The molecule has 126 valence electrons. The van der Waals surface area contributed by atoms with Gasteiger partial charge in [-0.1, -0.05) is 53.2 Å². The van der Waals surface area contributed by atoms with Gasteiger partial charge in [0.25, 0.3) is 11.8 Å². The fourth-order valence-electron chi connectivity index (χ4n) is 3.19. The van der Waals surface area contributed by atoms with Crippen molar-refractivity contribution in [3.63, 3.8) is 0 Å². The average Bonchev–Trinajstić information content (AvgIpc) is 3.12. The Morgan fingerprint density at radius 1 is 1.04 bits per heavy atom. The van der Waals surface area contributed by atoms with Gasteiger partial charge >= 0.3 is 0 Å². The van der Waals surface area contributed by atoms with Gasteiger partial charge in [-0.3, -0.25) is 14.6 Å². The first-order valence-electron chi connectivity index (χ1n) is 7.92. The Morgan fingerprint density at radius 2 is 1.76 bits per heavy atom. The van der Waals surface area contributed by atoms with Crippen molar-refractivity contribution < 1.29 is 9.59 Å². The molecule has 2 amide bonds. The maximum Gasteiger partial charge on any atom is 0.263 e. The van der Waals surface area contributed by atoms with Crippen LogP contribution in [0, 0.1) is 6.92 Å². The summed E-state index contributed by atoms with van der Waals surface area (Å²) in [7, 11) is 0. The number of amides is 2. The van der Waals surface area contributed by atoms with Gasteiger partial charge in [-0.2, -0.15) is 5.11 Å². The van der Waals surface area contributed by atoms with Crippen LogP contribution in [0.3, 0.4) is 0 Å². The minimum absolute atomic E-state index is 0.346. The molecule has 0 spiro atoms. The molecular formula is C18H15ClN4O2. The van der Waals surface area contributed by atoms with E-state index in [0.717, 1.165) is 16.0 Å². The van der Waals surface area contributed by atoms with Crippen molar-refractivity contribution in [1.82, 2.24) is 5.01 Å². The highest BCUT2D eigenvalue weighted by molar-refractivity contribution is 6.36. The fourth-order valence-corrected chi connectivity index (χ4v) is 3.41. The Kier molecular flexibility index (Phi) is 3.77. The van der Waals surface area contributed by atoms with Gasteiger partial charge in [-0.15, -0.1) is 0 Å². The molecule has 6 nitrogen and oxygen atoms in total. The van der Waals surface area contributed by atoms with E-state index in [1.54, 1.807) is 29.3 Å². The highest BCUT2D eigenvalue weighted by atomic mass is 35.5. The Bertz CT molecular complexity index is 898. The van der Waals surface area contributed by atoms with Crippen LogP contribution in [-0.2, 0) is 16.1 Å². The third-order valence-electron chi connectivity index (χ3n) is 4.54. The molecule has 7 heteroatoms. The molecule has 2 heterocycles. The minimum Gasteiger partial charge on any atom is -0.271 e. The third kappa shape index (κ3) is 2.49. The predicted octanol–water partition coefficient (Wildman–Crippen LogP) is 3.14. The molecule has 2 aliphatic heterocycles. The second-order valence-electron chi connectivity index (χ2n) is 6.08. The predicted molar refractivity (Wildman–Crippen MR) is 93.1 cm³/mol. The molecule has 0 saturated carbocycles. The molecule has 0 unspecified atom stereocenters. The molecule has 25 heavy (non-hydrogen) atoms. The highest BCUT2D eigenvalue weighted by Crippen LogP contribution is 2.35. The molecule has 4 rings (SSSR count). The standard InChI is InChI=1S/C18H15ClN4O2/c1-11-6-2-3-7-12(11)10-22-16-15(20-21-22)17(24)23(18(16)25)14-9-5-4-8-13(14)19/h2-9,15-16H,10H2,1H3/t15-,16-/m1/s1. The lowest BCUT2D eigenvalue weighted by Gasteiger charge is -2.21. The van der Waals surface area contributed by atoms with Crippen LogP contribution in [0.15, 0.2) is 58.9 Å².